The van der Waals surface area contributed by atoms with Gasteiger partial charge in [-0.2, -0.15) is 5.10 Å². The Morgan fingerprint density at radius 2 is 2.30 bits per heavy atom. The minimum absolute atomic E-state index is 0. The second kappa shape index (κ2) is 9.01. The molecule has 1 aliphatic rings. The summed E-state index contributed by atoms with van der Waals surface area (Å²) in [5.74, 6) is -0.142. The lowest BCUT2D eigenvalue weighted by Crippen LogP contribution is -2.32. The first-order valence-corrected chi connectivity index (χ1v) is 9.97. The van der Waals surface area contributed by atoms with Crippen LogP contribution in [0.25, 0.3) is 10.2 Å². The molecule has 1 aromatic carbocycles. The summed E-state index contributed by atoms with van der Waals surface area (Å²) < 4.78 is 3.01. The minimum Gasteiger partial charge on any atom is -0.350 e. The third-order valence-electron chi connectivity index (χ3n) is 4.50. The smallest absolute Gasteiger partial charge is 0.271 e. The van der Waals surface area contributed by atoms with Gasteiger partial charge < -0.3 is 10.6 Å². The lowest BCUT2D eigenvalue weighted by molar-refractivity contribution is 0.0948. The molecule has 2 N–H and O–H groups in total. The lowest BCUT2D eigenvalue weighted by atomic mass is 10.1. The SMILES string of the molecule is Cl.O=C(NCCc1nc2cc(Cl)ccc2s1)c1ccn(C2CCCNC2)n1. The summed E-state index contributed by atoms with van der Waals surface area (Å²) >= 11 is 7.62. The van der Waals surface area contributed by atoms with E-state index in [1.54, 1.807) is 17.4 Å². The van der Waals surface area contributed by atoms with Crippen LogP contribution in [0, 0.1) is 0 Å². The second-order valence-electron chi connectivity index (χ2n) is 6.41. The average Bonchev–Trinajstić information content (AvgIpc) is 3.29. The maximum atomic E-state index is 12.3. The molecule has 3 aromatic rings. The highest BCUT2D eigenvalue weighted by molar-refractivity contribution is 7.18. The molecule has 27 heavy (non-hydrogen) atoms. The van der Waals surface area contributed by atoms with Gasteiger partial charge in [-0.25, -0.2) is 4.98 Å². The van der Waals surface area contributed by atoms with E-state index in [1.165, 1.54) is 0 Å². The van der Waals surface area contributed by atoms with Crippen LogP contribution in [0.5, 0.6) is 0 Å². The Hall–Kier alpha value is -1.67. The first-order chi connectivity index (χ1) is 12.7. The lowest BCUT2D eigenvalue weighted by Gasteiger charge is -2.22. The van der Waals surface area contributed by atoms with E-state index in [4.69, 9.17) is 11.6 Å². The molecular weight excluding hydrogens is 405 g/mol. The third kappa shape index (κ3) is 4.79. The van der Waals surface area contributed by atoms with Gasteiger partial charge >= 0.3 is 0 Å². The van der Waals surface area contributed by atoms with Gasteiger partial charge in [-0.1, -0.05) is 11.6 Å². The van der Waals surface area contributed by atoms with E-state index in [2.05, 4.69) is 20.7 Å². The number of amides is 1. The van der Waals surface area contributed by atoms with E-state index >= 15 is 0 Å². The zero-order valence-corrected chi connectivity index (χ0v) is 17.0. The number of piperidine rings is 1. The van der Waals surface area contributed by atoms with Gasteiger partial charge in [-0.15, -0.1) is 23.7 Å². The Labute approximate surface area is 172 Å². The molecular formula is C18H21Cl2N5OS. The fourth-order valence-electron chi connectivity index (χ4n) is 3.15. The Morgan fingerprint density at radius 3 is 3.11 bits per heavy atom. The molecule has 0 aliphatic carbocycles. The second-order valence-corrected chi connectivity index (χ2v) is 7.96. The Morgan fingerprint density at radius 1 is 1.41 bits per heavy atom. The van der Waals surface area contributed by atoms with Gasteiger partial charge in [0.15, 0.2) is 0 Å². The van der Waals surface area contributed by atoms with E-state index in [-0.39, 0.29) is 18.3 Å². The number of rotatable bonds is 5. The highest BCUT2D eigenvalue weighted by Gasteiger charge is 2.17. The van der Waals surface area contributed by atoms with Crippen molar-refractivity contribution in [2.24, 2.45) is 0 Å². The molecule has 3 heterocycles. The normalized spacial score (nSPS) is 16.9. The summed E-state index contributed by atoms with van der Waals surface area (Å²) in [5.41, 5.74) is 1.37. The van der Waals surface area contributed by atoms with Gasteiger partial charge in [0.2, 0.25) is 0 Å². The van der Waals surface area contributed by atoms with Crippen LogP contribution in [0.2, 0.25) is 5.02 Å². The number of hydrogen-bond donors (Lipinski definition) is 2. The van der Waals surface area contributed by atoms with Crippen LogP contribution in [0.4, 0.5) is 0 Å². The maximum absolute atomic E-state index is 12.3. The van der Waals surface area contributed by atoms with Gasteiger partial charge in [0.05, 0.1) is 21.3 Å². The molecule has 4 rings (SSSR count). The predicted octanol–water partition coefficient (Wildman–Crippen LogP) is 3.47. The molecule has 1 fully saturated rings. The summed E-state index contributed by atoms with van der Waals surface area (Å²) in [7, 11) is 0. The molecule has 1 aliphatic heterocycles. The van der Waals surface area contributed by atoms with E-state index < -0.39 is 0 Å². The summed E-state index contributed by atoms with van der Waals surface area (Å²) in [5, 5.41) is 12.4. The highest BCUT2D eigenvalue weighted by atomic mass is 35.5. The van der Waals surface area contributed by atoms with Crippen LogP contribution in [-0.2, 0) is 6.42 Å². The summed E-state index contributed by atoms with van der Waals surface area (Å²) in [6.45, 7) is 2.50. The van der Waals surface area contributed by atoms with Crippen molar-refractivity contribution in [3.8, 4) is 0 Å². The molecule has 0 spiro atoms. The van der Waals surface area contributed by atoms with Gasteiger partial charge in [-0.3, -0.25) is 9.48 Å². The number of halogens is 2. The number of benzene rings is 1. The number of hydrogen-bond acceptors (Lipinski definition) is 5. The van der Waals surface area contributed by atoms with Gasteiger partial charge in [0.25, 0.3) is 5.91 Å². The number of nitrogens with one attached hydrogen (secondary N) is 2. The Kier molecular flexibility index (Phi) is 6.70. The van der Waals surface area contributed by atoms with Crippen LogP contribution in [0.15, 0.2) is 30.5 Å². The molecule has 9 heteroatoms. The quantitative estimate of drug-likeness (QED) is 0.656. The van der Waals surface area contributed by atoms with Crippen LogP contribution in [-0.4, -0.2) is 40.3 Å². The molecule has 1 saturated heterocycles. The minimum atomic E-state index is -0.142. The highest BCUT2D eigenvalue weighted by Crippen LogP contribution is 2.25. The summed E-state index contributed by atoms with van der Waals surface area (Å²) in [4.78, 5) is 16.9. The van der Waals surface area contributed by atoms with Crippen molar-refractivity contribution in [1.29, 1.82) is 0 Å². The first-order valence-electron chi connectivity index (χ1n) is 8.78. The fourth-order valence-corrected chi connectivity index (χ4v) is 4.26. The zero-order chi connectivity index (χ0) is 17.9. The van der Waals surface area contributed by atoms with Crippen molar-refractivity contribution in [3.05, 3.63) is 46.2 Å². The molecule has 1 amide bonds. The molecule has 1 unspecified atom stereocenters. The standard InChI is InChI=1S/C18H20ClN5OS.ClH/c19-12-3-4-16-15(10-12)22-17(26-16)5-8-21-18(25)14-6-9-24(23-14)13-2-1-7-20-11-13;/h3-4,6,9-10,13,20H,1-2,5,7-8,11H2,(H,21,25);1H. The van der Waals surface area contributed by atoms with E-state index in [1.807, 2.05) is 29.1 Å². The zero-order valence-electron chi connectivity index (χ0n) is 14.7. The number of carbonyl (C=O) groups excluding carboxylic acids is 1. The summed E-state index contributed by atoms with van der Waals surface area (Å²) in [6, 6.07) is 7.82. The average molecular weight is 426 g/mol. The van der Waals surface area contributed by atoms with Crippen molar-refractivity contribution < 1.29 is 4.79 Å². The Bertz CT molecular complexity index is 920. The van der Waals surface area contributed by atoms with Crippen LogP contribution in [0.1, 0.15) is 34.4 Å². The van der Waals surface area contributed by atoms with Crippen LogP contribution >= 0.6 is 35.3 Å². The van der Waals surface area contributed by atoms with Gasteiger partial charge in [0, 0.05) is 30.7 Å². The van der Waals surface area contributed by atoms with E-state index in [0.29, 0.717) is 29.7 Å². The number of fused-ring (bicyclic) bond motifs is 1. The summed E-state index contributed by atoms with van der Waals surface area (Å²) in [6.07, 6.45) is 4.82. The van der Waals surface area contributed by atoms with Crippen LogP contribution < -0.4 is 10.6 Å². The molecule has 0 bridgehead atoms. The van der Waals surface area contributed by atoms with Crippen molar-refractivity contribution >= 4 is 51.5 Å². The van der Waals surface area contributed by atoms with Gasteiger partial charge in [0.1, 0.15) is 5.69 Å². The molecule has 1 atom stereocenters. The first kappa shape index (κ1) is 20.1. The molecule has 6 nitrogen and oxygen atoms in total. The molecule has 0 saturated carbocycles. The van der Waals surface area contributed by atoms with Crippen molar-refractivity contribution in [2.75, 3.05) is 19.6 Å². The monoisotopic (exact) mass is 425 g/mol. The molecule has 0 radical (unpaired) electrons. The fraction of sp³-hybridized carbons (Fsp3) is 0.389. The number of carbonyl (C=O) groups is 1. The van der Waals surface area contributed by atoms with E-state index in [9.17, 15) is 4.79 Å². The largest absolute Gasteiger partial charge is 0.350 e. The molecule has 144 valence electrons. The third-order valence-corrected chi connectivity index (χ3v) is 5.84. The van der Waals surface area contributed by atoms with E-state index in [0.717, 1.165) is 41.2 Å². The topological polar surface area (TPSA) is 71.8 Å². The van der Waals surface area contributed by atoms with Crippen molar-refractivity contribution in [1.82, 2.24) is 25.4 Å². The van der Waals surface area contributed by atoms with Crippen molar-refractivity contribution in [2.45, 2.75) is 25.3 Å². The number of aromatic nitrogens is 3. The molecule has 2 aromatic heterocycles. The number of thiazole rings is 1. The van der Waals surface area contributed by atoms with Crippen molar-refractivity contribution in [3.63, 3.8) is 0 Å². The van der Waals surface area contributed by atoms with Gasteiger partial charge in [-0.05, 0) is 43.7 Å². The number of nitrogens with zero attached hydrogens (tertiary/aromatic N) is 3. The maximum Gasteiger partial charge on any atom is 0.271 e. The predicted molar refractivity (Wildman–Crippen MR) is 111 cm³/mol. The Balaban J connectivity index is 0.00000210. The van der Waals surface area contributed by atoms with Crippen LogP contribution in [0.3, 0.4) is 0 Å².